The number of halogens is 1. The second kappa shape index (κ2) is 6.68. The van der Waals surface area contributed by atoms with Gasteiger partial charge in [-0.1, -0.05) is 29.8 Å². The SMILES string of the molecule is COc1ccccc1CC(C)N(C)c1cc(N)cc(Cl)n1. The van der Waals surface area contributed by atoms with E-state index >= 15 is 0 Å². The summed E-state index contributed by atoms with van der Waals surface area (Å²) in [6.45, 7) is 2.13. The number of para-hydroxylation sites is 1. The van der Waals surface area contributed by atoms with Gasteiger partial charge in [0.05, 0.1) is 7.11 Å². The molecule has 0 fully saturated rings. The number of pyridine rings is 1. The molecule has 0 aliphatic carbocycles. The Bertz CT molecular complexity index is 598. The molecule has 0 saturated carbocycles. The molecule has 2 aromatic rings. The summed E-state index contributed by atoms with van der Waals surface area (Å²) in [5, 5.41) is 0.404. The highest BCUT2D eigenvalue weighted by molar-refractivity contribution is 6.29. The second-order valence-corrected chi connectivity index (χ2v) is 5.44. The minimum atomic E-state index is 0.228. The predicted molar refractivity (Wildman–Crippen MR) is 88.2 cm³/mol. The third kappa shape index (κ3) is 3.79. The molecular weight excluding hydrogens is 286 g/mol. The molecule has 0 aliphatic rings. The van der Waals surface area contributed by atoms with Crippen LogP contribution in [0.3, 0.4) is 0 Å². The number of aromatic nitrogens is 1. The Morgan fingerprint density at radius 3 is 2.71 bits per heavy atom. The number of hydrogen-bond donors (Lipinski definition) is 1. The Balaban J connectivity index is 2.17. The fourth-order valence-corrected chi connectivity index (χ4v) is 2.45. The van der Waals surface area contributed by atoms with Crippen molar-refractivity contribution in [3.63, 3.8) is 0 Å². The Morgan fingerprint density at radius 2 is 2.05 bits per heavy atom. The summed E-state index contributed by atoms with van der Waals surface area (Å²) in [6.07, 6.45) is 0.842. The van der Waals surface area contributed by atoms with Gasteiger partial charge in [0.25, 0.3) is 0 Å². The average molecular weight is 306 g/mol. The predicted octanol–water partition coefficient (Wildman–Crippen LogP) is 3.39. The number of rotatable bonds is 5. The number of likely N-dealkylation sites (N-methyl/N-ethyl adjacent to an activating group) is 1. The van der Waals surface area contributed by atoms with Gasteiger partial charge in [-0.05, 0) is 31.0 Å². The molecule has 1 atom stereocenters. The molecular formula is C16H20ClN3O. The lowest BCUT2D eigenvalue weighted by Gasteiger charge is -2.27. The average Bonchev–Trinajstić information content (AvgIpc) is 2.46. The van der Waals surface area contributed by atoms with Gasteiger partial charge in [0.2, 0.25) is 0 Å². The van der Waals surface area contributed by atoms with Gasteiger partial charge in [0.1, 0.15) is 16.7 Å². The number of ether oxygens (including phenoxy) is 1. The van der Waals surface area contributed by atoms with E-state index in [1.165, 1.54) is 0 Å². The van der Waals surface area contributed by atoms with E-state index in [4.69, 9.17) is 22.1 Å². The lowest BCUT2D eigenvalue weighted by molar-refractivity contribution is 0.408. The van der Waals surface area contributed by atoms with Gasteiger partial charge in [-0.3, -0.25) is 0 Å². The minimum Gasteiger partial charge on any atom is -0.496 e. The topological polar surface area (TPSA) is 51.4 Å². The molecule has 2 rings (SSSR count). The molecule has 21 heavy (non-hydrogen) atoms. The van der Waals surface area contributed by atoms with Crippen LogP contribution < -0.4 is 15.4 Å². The van der Waals surface area contributed by atoms with Crippen molar-refractivity contribution in [2.45, 2.75) is 19.4 Å². The molecule has 0 radical (unpaired) electrons. The summed E-state index contributed by atoms with van der Waals surface area (Å²) < 4.78 is 5.39. The van der Waals surface area contributed by atoms with Gasteiger partial charge in [0.15, 0.2) is 0 Å². The summed E-state index contributed by atoms with van der Waals surface area (Å²) in [5.41, 5.74) is 7.60. The van der Waals surface area contributed by atoms with Crippen LogP contribution in [-0.4, -0.2) is 25.2 Å². The highest BCUT2D eigenvalue weighted by Crippen LogP contribution is 2.24. The number of anilines is 2. The van der Waals surface area contributed by atoms with E-state index in [0.717, 1.165) is 23.6 Å². The normalized spacial score (nSPS) is 12.0. The number of benzene rings is 1. The Hall–Kier alpha value is -1.94. The summed E-state index contributed by atoms with van der Waals surface area (Å²) >= 11 is 5.97. The number of nitrogen functional groups attached to an aromatic ring is 1. The lowest BCUT2D eigenvalue weighted by Crippen LogP contribution is -2.31. The van der Waals surface area contributed by atoms with Crippen LogP contribution >= 0.6 is 11.6 Å². The molecule has 1 heterocycles. The molecule has 0 saturated heterocycles. The largest absolute Gasteiger partial charge is 0.496 e. The van der Waals surface area contributed by atoms with Crippen molar-refractivity contribution in [1.29, 1.82) is 0 Å². The zero-order chi connectivity index (χ0) is 15.4. The maximum Gasteiger partial charge on any atom is 0.133 e. The summed E-state index contributed by atoms with van der Waals surface area (Å²) in [6, 6.07) is 11.7. The highest BCUT2D eigenvalue weighted by atomic mass is 35.5. The summed E-state index contributed by atoms with van der Waals surface area (Å²) in [5.74, 6) is 1.67. The van der Waals surface area contributed by atoms with Crippen LogP contribution in [0.2, 0.25) is 5.15 Å². The molecule has 0 aliphatic heterocycles. The van der Waals surface area contributed by atoms with Crippen LogP contribution in [0.25, 0.3) is 0 Å². The minimum absolute atomic E-state index is 0.228. The number of methoxy groups -OCH3 is 1. The van der Waals surface area contributed by atoms with E-state index in [0.29, 0.717) is 10.8 Å². The van der Waals surface area contributed by atoms with Crippen LogP contribution in [0, 0.1) is 0 Å². The van der Waals surface area contributed by atoms with Gasteiger partial charge in [-0.15, -0.1) is 0 Å². The van der Waals surface area contributed by atoms with Crippen LogP contribution in [0.4, 0.5) is 11.5 Å². The monoisotopic (exact) mass is 305 g/mol. The molecule has 1 aromatic heterocycles. The Kier molecular flexibility index (Phi) is 4.91. The van der Waals surface area contributed by atoms with Crippen molar-refractivity contribution in [3.8, 4) is 5.75 Å². The molecule has 0 bridgehead atoms. The van der Waals surface area contributed by atoms with E-state index in [1.54, 1.807) is 13.2 Å². The zero-order valence-corrected chi connectivity index (χ0v) is 13.3. The fraction of sp³-hybridized carbons (Fsp3) is 0.312. The van der Waals surface area contributed by atoms with Gasteiger partial charge in [-0.25, -0.2) is 4.98 Å². The van der Waals surface area contributed by atoms with E-state index < -0.39 is 0 Å². The van der Waals surface area contributed by atoms with Crippen LogP contribution in [0.1, 0.15) is 12.5 Å². The first kappa shape index (κ1) is 15.4. The van der Waals surface area contributed by atoms with Crippen molar-refractivity contribution in [2.75, 3.05) is 24.8 Å². The highest BCUT2D eigenvalue weighted by Gasteiger charge is 2.15. The molecule has 2 N–H and O–H groups in total. The number of nitrogens with zero attached hydrogens (tertiary/aromatic N) is 2. The van der Waals surface area contributed by atoms with Gasteiger partial charge >= 0.3 is 0 Å². The van der Waals surface area contributed by atoms with Crippen molar-refractivity contribution in [2.24, 2.45) is 0 Å². The van der Waals surface area contributed by atoms with Crippen molar-refractivity contribution in [1.82, 2.24) is 4.98 Å². The lowest BCUT2D eigenvalue weighted by atomic mass is 10.1. The zero-order valence-electron chi connectivity index (χ0n) is 12.5. The van der Waals surface area contributed by atoms with Gasteiger partial charge < -0.3 is 15.4 Å². The molecule has 0 spiro atoms. The van der Waals surface area contributed by atoms with E-state index in [2.05, 4.69) is 22.9 Å². The van der Waals surface area contributed by atoms with Crippen molar-refractivity contribution in [3.05, 3.63) is 47.1 Å². The number of hydrogen-bond acceptors (Lipinski definition) is 4. The van der Waals surface area contributed by atoms with Crippen molar-refractivity contribution >= 4 is 23.1 Å². The standard InChI is InChI=1S/C16H20ClN3O/c1-11(8-12-6-4-5-7-14(12)21-3)20(2)16-10-13(18)9-15(17)19-16/h4-7,9-11H,8H2,1-3H3,(H2,18,19). The maximum atomic E-state index is 5.97. The molecule has 4 nitrogen and oxygen atoms in total. The maximum absolute atomic E-state index is 5.97. The molecule has 112 valence electrons. The fourth-order valence-electron chi connectivity index (χ4n) is 2.24. The van der Waals surface area contributed by atoms with Crippen molar-refractivity contribution < 1.29 is 4.74 Å². The summed E-state index contributed by atoms with van der Waals surface area (Å²) in [4.78, 5) is 6.38. The first-order valence-electron chi connectivity index (χ1n) is 6.79. The molecule has 0 amide bonds. The van der Waals surface area contributed by atoms with E-state index in [1.807, 2.05) is 31.3 Å². The van der Waals surface area contributed by atoms with E-state index in [9.17, 15) is 0 Å². The third-order valence-electron chi connectivity index (χ3n) is 3.53. The van der Waals surface area contributed by atoms with Crippen LogP contribution in [-0.2, 0) is 6.42 Å². The molecule has 5 heteroatoms. The van der Waals surface area contributed by atoms with Crippen LogP contribution in [0.5, 0.6) is 5.75 Å². The van der Waals surface area contributed by atoms with Gasteiger partial charge in [0, 0.05) is 24.8 Å². The smallest absolute Gasteiger partial charge is 0.133 e. The first-order chi connectivity index (χ1) is 10.0. The molecule has 1 unspecified atom stereocenters. The Morgan fingerprint density at radius 1 is 1.33 bits per heavy atom. The number of nitrogens with two attached hydrogens (primary N) is 1. The van der Waals surface area contributed by atoms with Crippen LogP contribution in [0.15, 0.2) is 36.4 Å². The first-order valence-corrected chi connectivity index (χ1v) is 7.17. The summed E-state index contributed by atoms with van der Waals surface area (Å²) in [7, 11) is 3.67. The quantitative estimate of drug-likeness (QED) is 0.860. The molecule has 1 aromatic carbocycles. The second-order valence-electron chi connectivity index (χ2n) is 5.06. The Labute approximate surface area is 130 Å². The van der Waals surface area contributed by atoms with E-state index in [-0.39, 0.29) is 6.04 Å². The van der Waals surface area contributed by atoms with Gasteiger partial charge in [-0.2, -0.15) is 0 Å². The third-order valence-corrected chi connectivity index (χ3v) is 3.73.